The van der Waals surface area contributed by atoms with Gasteiger partial charge in [-0.1, -0.05) is 0 Å². The fourth-order valence-corrected chi connectivity index (χ4v) is 17.4. The Morgan fingerprint density at radius 2 is 1.12 bits per heavy atom. The number of carbonyl (C=O) groups is 2. The Morgan fingerprint density at radius 3 is 1.53 bits per heavy atom. The molecule has 1 heterocycles. The van der Waals surface area contributed by atoms with Crippen molar-refractivity contribution >= 4 is 20.0 Å². The van der Waals surface area contributed by atoms with E-state index in [-0.39, 0.29) is 0 Å². The van der Waals surface area contributed by atoms with Crippen molar-refractivity contribution in [2.45, 2.75) is 25.9 Å². The predicted octanol–water partition coefficient (Wildman–Crippen LogP) is 5.91. The van der Waals surface area contributed by atoms with Crippen LogP contribution < -0.4 is 0 Å². The Kier molecular flexibility index (Phi) is 5.28. The molecule has 1 aliphatic heterocycles. The molecule has 5 rings (SSSR count). The zero-order valence-corrected chi connectivity index (χ0v) is 20.7. The number of benzene rings is 2. The van der Waals surface area contributed by atoms with Gasteiger partial charge in [0, 0.05) is 0 Å². The predicted molar refractivity (Wildman–Crippen MR) is 123 cm³/mol. The second kappa shape index (κ2) is 8.00. The number of rotatable bonds is 4. The van der Waals surface area contributed by atoms with Crippen LogP contribution in [0.2, 0.25) is 13.1 Å². The second-order valence-electron chi connectivity index (χ2n) is 8.75. The molecule has 32 heavy (non-hydrogen) atoms. The van der Waals surface area contributed by atoms with Crippen LogP contribution in [0, 0.1) is 0 Å². The van der Waals surface area contributed by atoms with Crippen LogP contribution in [-0.2, 0) is 24.0 Å². The van der Waals surface area contributed by atoms with Crippen LogP contribution in [0.3, 0.4) is 0 Å². The first-order valence-corrected chi connectivity index (χ1v) is 16.7. The average molecular weight is 476 g/mol. The number of hydrogen-bond acceptors (Lipinski definition) is 4. The Morgan fingerprint density at radius 1 is 0.719 bits per heavy atom. The molecule has 0 atom stereocenters. The van der Waals surface area contributed by atoms with Crippen molar-refractivity contribution in [3.8, 4) is 0 Å². The van der Waals surface area contributed by atoms with Crippen LogP contribution in [-0.4, -0.2) is 20.0 Å². The standard InChI is InChI=1S/C12H14Si.2C7H6O2.Ti/c1-13(2,11-7-3-4-8-11)12-9-5-6-10-12;2*8-7(9)6-4-2-1-3-5-6;/h3,5,7,9H,4,6H2,1-2H3;2*1-5H,(H,8,9);/q;;;+2/p-2. The fraction of sp³-hybridized carbons (Fsp3) is 0.154. The van der Waals surface area contributed by atoms with E-state index < -0.39 is 37.4 Å². The molecule has 0 aromatic heterocycles. The molecule has 0 radical (unpaired) electrons. The molecule has 0 saturated carbocycles. The zero-order valence-electron chi connectivity index (χ0n) is 18.1. The van der Waals surface area contributed by atoms with E-state index in [0.29, 0.717) is 24.0 Å². The maximum absolute atomic E-state index is 13.3. The van der Waals surface area contributed by atoms with Crippen molar-refractivity contribution < 1.29 is 33.6 Å². The summed E-state index contributed by atoms with van der Waals surface area (Å²) in [5.41, 5.74) is 0.938. The first kappa shape index (κ1) is 21.1. The monoisotopic (exact) mass is 476 g/mol. The van der Waals surface area contributed by atoms with Crippen LogP contribution >= 0.6 is 0 Å². The van der Waals surface area contributed by atoms with Crippen LogP contribution in [0.1, 0.15) is 33.6 Å². The van der Waals surface area contributed by atoms with Crippen molar-refractivity contribution in [1.82, 2.24) is 0 Å². The molecule has 0 amide bonds. The fourth-order valence-electron chi connectivity index (χ4n) is 4.93. The molecule has 0 spiro atoms. The Labute approximate surface area is 193 Å². The van der Waals surface area contributed by atoms with Gasteiger partial charge in [0.25, 0.3) is 0 Å². The van der Waals surface area contributed by atoms with Gasteiger partial charge in [0.2, 0.25) is 0 Å². The molecule has 4 nitrogen and oxygen atoms in total. The van der Waals surface area contributed by atoms with Gasteiger partial charge in [0.05, 0.1) is 0 Å². The number of carbonyl (C=O) groups excluding carboxylic acids is 2. The van der Waals surface area contributed by atoms with Gasteiger partial charge in [-0.3, -0.25) is 0 Å². The summed E-state index contributed by atoms with van der Waals surface area (Å²) in [5, 5.41) is 2.51. The quantitative estimate of drug-likeness (QED) is 0.515. The third-order valence-electron chi connectivity index (χ3n) is 6.50. The molecule has 2 aromatic carbocycles. The molecule has 0 bridgehead atoms. The number of allylic oxidation sites excluding steroid dienone is 8. The summed E-state index contributed by atoms with van der Waals surface area (Å²) in [5.74, 6) is -0.851. The van der Waals surface area contributed by atoms with Crippen LogP contribution in [0.25, 0.3) is 0 Å². The molecular formula is C26H24O4SiTi. The molecule has 0 unspecified atom stereocenters. The average Bonchev–Trinajstić information content (AvgIpc) is 3.50. The van der Waals surface area contributed by atoms with E-state index in [1.807, 2.05) is 36.4 Å². The molecule has 0 saturated heterocycles. The van der Waals surface area contributed by atoms with Crippen molar-refractivity contribution in [2.75, 3.05) is 0 Å². The summed E-state index contributed by atoms with van der Waals surface area (Å²) in [4.78, 5) is 26.7. The molecule has 0 N–H and O–H groups in total. The van der Waals surface area contributed by atoms with Crippen molar-refractivity contribution in [3.63, 3.8) is 0 Å². The molecular weight excluding hydrogens is 452 g/mol. The van der Waals surface area contributed by atoms with Crippen LogP contribution in [0.5, 0.6) is 0 Å². The van der Waals surface area contributed by atoms with Gasteiger partial charge in [0.15, 0.2) is 0 Å². The first-order chi connectivity index (χ1) is 15.4. The van der Waals surface area contributed by atoms with E-state index in [1.165, 1.54) is 10.4 Å². The van der Waals surface area contributed by atoms with Gasteiger partial charge in [-0.2, -0.15) is 0 Å². The Bertz CT molecular complexity index is 1130. The van der Waals surface area contributed by atoms with E-state index in [4.69, 9.17) is 6.64 Å². The second-order valence-corrected chi connectivity index (χ2v) is 17.5. The molecule has 2 aromatic rings. The third kappa shape index (κ3) is 3.32. The van der Waals surface area contributed by atoms with E-state index >= 15 is 0 Å². The molecule has 160 valence electrons. The number of hydrogen-bond donors (Lipinski definition) is 0. The topological polar surface area (TPSA) is 52.6 Å². The van der Waals surface area contributed by atoms with Gasteiger partial charge < -0.3 is 0 Å². The third-order valence-corrected chi connectivity index (χ3v) is 16.3. The minimum absolute atomic E-state index is 0.426. The summed E-state index contributed by atoms with van der Waals surface area (Å²) in [6, 6.07) is 17.9. The SMILES string of the molecule is C[Si]1(C)C2=[C](CC=C2)[Ti]([O]C(=O)c2ccccc2)([O]C(=O)c2ccccc2)[C]2=C1C=CC2. The summed E-state index contributed by atoms with van der Waals surface area (Å²) < 4.78 is 15.0. The van der Waals surface area contributed by atoms with Gasteiger partial charge in [-0.25, -0.2) is 0 Å². The molecule has 3 aliphatic rings. The van der Waals surface area contributed by atoms with Crippen LogP contribution in [0.4, 0.5) is 0 Å². The van der Waals surface area contributed by atoms with E-state index in [0.717, 1.165) is 7.76 Å². The summed E-state index contributed by atoms with van der Waals surface area (Å²) >= 11 is -4.26. The van der Waals surface area contributed by atoms with Crippen molar-refractivity contribution in [2.24, 2.45) is 0 Å². The molecule has 6 heteroatoms. The zero-order chi connectivity index (χ0) is 22.3. The van der Waals surface area contributed by atoms with E-state index in [1.54, 1.807) is 24.3 Å². The van der Waals surface area contributed by atoms with Crippen molar-refractivity contribution in [3.05, 3.63) is 114 Å². The van der Waals surface area contributed by atoms with Crippen LogP contribution in [0.15, 0.2) is 103 Å². The first-order valence-electron chi connectivity index (χ1n) is 10.8. The summed E-state index contributed by atoms with van der Waals surface area (Å²) in [6.45, 7) is 4.65. The van der Waals surface area contributed by atoms with E-state index in [2.05, 4.69) is 37.4 Å². The van der Waals surface area contributed by atoms with E-state index in [9.17, 15) is 9.59 Å². The maximum atomic E-state index is 13.3. The van der Waals surface area contributed by atoms with Gasteiger partial charge >= 0.3 is 194 Å². The van der Waals surface area contributed by atoms with Gasteiger partial charge in [-0.15, -0.1) is 0 Å². The molecule has 2 aliphatic carbocycles. The minimum atomic E-state index is -4.26. The normalized spacial score (nSPS) is 19.6. The van der Waals surface area contributed by atoms with Gasteiger partial charge in [-0.05, 0) is 0 Å². The summed E-state index contributed by atoms with van der Waals surface area (Å²) in [6.07, 6.45) is 9.93. The Balaban J connectivity index is 1.65. The van der Waals surface area contributed by atoms with Gasteiger partial charge in [0.1, 0.15) is 0 Å². The Hall–Kier alpha value is -2.73. The van der Waals surface area contributed by atoms with Crippen molar-refractivity contribution in [1.29, 1.82) is 0 Å². The summed E-state index contributed by atoms with van der Waals surface area (Å²) in [7, 11) is -1.95. The molecule has 0 fully saturated rings.